The number of nitrogens with zero attached hydrogens (tertiary/aromatic N) is 3. The predicted molar refractivity (Wildman–Crippen MR) is 424 cm³/mol. The number of para-hydroxylation sites is 5. The van der Waals surface area contributed by atoms with Crippen LogP contribution in [0.3, 0.4) is 0 Å². The van der Waals surface area contributed by atoms with Crippen LogP contribution >= 0.6 is 23.5 Å². The molecule has 0 unspecified atom stereocenters. The second-order valence-corrected chi connectivity index (χ2v) is 30.5. The normalized spacial score (nSPS) is 12.6. The van der Waals surface area contributed by atoms with Gasteiger partial charge in [0.25, 0.3) is 0 Å². The van der Waals surface area contributed by atoms with Crippen molar-refractivity contribution in [2.45, 2.75) is 138 Å². The fourth-order valence-electron chi connectivity index (χ4n) is 15.0. The van der Waals surface area contributed by atoms with Crippen LogP contribution in [0.25, 0.3) is 11.1 Å². The second-order valence-electron chi connectivity index (χ2n) is 28.4. The van der Waals surface area contributed by atoms with E-state index in [1.165, 1.54) is 96.9 Å². The molecule has 12 aromatic rings. The van der Waals surface area contributed by atoms with Crippen LogP contribution in [-0.4, -0.2) is 13.4 Å². The molecule has 0 atom stereocenters. The van der Waals surface area contributed by atoms with Gasteiger partial charge in [0.2, 0.25) is 13.4 Å². The number of benzene rings is 12. The summed E-state index contributed by atoms with van der Waals surface area (Å²) in [5.74, 6) is 2.04. The monoisotopic (exact) mass is 1300 g/mol. The highest BCUT2D eigenvalue weighted by molar-refractivity contribution is 8.00. The minimum absolute atomic E-state index is 0.00200. The van der Waals surface area contributed by atoms with Crippen molar-refractivity contribution in [3.63, 3.8) is 0 Å². The molecule has 14 rings (SSSR count). The molecule has 0 fully saturated rings. The van der Waals surface area contributed by atoms with Crippen LogP contribution in [0.2, 0.25) is 0 Å². The lowest BCUT2D eigenvalue weighted by molar-refractivity contribution is 0.812. The Hall–Kier alpha value is -9.13. The molecule has 0 aliphatic carbocycles. The average Bonchev–Trinajstić information content (AvgIpc) is 0.741. The van der Waals surface area contributed by atoms with Gasteiger partial charge in [0.1, 0.15) is 0 Å². The standard InChI is InChI=1S/C90H87B2N3S2/c1-58(2)66-50-77(60(5)6)89(78(51-66)61(7)8)91-81-45-41-65(54-88(81)97-87-48-43-74(55-82(87)91)93(68-30-18-13-19-31-68)69-32-20-14-21-33-69)64-29-28-40-73(49-64)95(72-38-26-17-27-39-72)76-44-47-86-84(57-76)92(90-79(62(9)10)52-67(59(3)4)53-80(90)63(11)12)83-56-75(42-46-85(83)96-86)94(70-34-22-15-23-35-70)71-36-24-16-25-37-71/h13-63H,1-12H3. The van der Waals surface area contributed by atoms with E-state index in [0.717, 1.165) is 51.2 Å². The van der Waals surface area contributed by atoms with Crippen molar-refractivity contribution in [1.82, 2.24) is 0 Å². The summed E-state index contributed by atoms with van der Waals surface area (Å²) in [5.41, 5.74) is 29.4. The van der Waals surface area contributed by atoms with Gasteiger partial charge in [-0.15, -0.1) is 0 Å². The highest BCUT2D eigenvalue weighted by Gasteiger charge is 2.39. The summed E-state index contributed by atoms with van der Waals surface area (Å²) in [7, 11) is 0. The SMILES string of the molecule is CC(C)c1cc(C(C)C)c(B2c3ccc(-c4cccc(N(c5ccccc5)c5ccc6c(c5)B(c5c(C(C)C)cc(C(C)C)cc5C(C)C)c5cc(N(c7ccccc7)c7ccccc7)ccc5S6)c4)cc3Sc3ccc(N(c4ccccc4)c4ccccc4)cc32)c(C(C)C)c1. The molecule has 0 radical (unpaired) electrons. The fraction of sp³-hybridized carbons (Fsp3) is 0.200. The van der Waals surface area contributed by atoms with E-state index in [0.29, 0.717) is 35.5 Å². The summed E-state index contributed by atoms with van der Waals surface area (Å²) in [4.78, 5) is 12.5. The van der Waals surface area contributed by atoms with E-state index in [4.69, 9.17) is 0 Å². The number of hydrogen-bond acceptors (Lipinski definition) is 5. The lowest BCUT2D eigenvalue weighted by Crippen LogP contribution is -2.57. The summed E-state index contributed by atoms with van der Waals surface area (Å²) < 4.78 is 0. The fourth-order valence-corrected chi connectivity index (χ4v) is 17.2. The van der Waals surface area contributed by atoms with Crippen LogP contribution in [-0.2, 0) is 0 Å². The molecule has 7 heteroatoms. The zero-order valence-corrected chi connectivity index (χ0v) is 59.9. The first kappa shape index (κ1) is 65.2. The second kappa shape index (κ2) is 27.8. The van der Waals surface area contributed by atoms with Gasteiger partial charge in [-0.2, -0.15) is 0 Å². The van der Waals surface area contributed by atoms with Gasteiger partial charge >= 0.3 is 0 Å². The molecule has 12 aromatic carbocycles. The van der Waals surface area contributed by atoms with Gasteiger partial charge in [0.15, 0.2) is 0 Å². The Kier molecular flexibility index (Phi) is 18.7. The van der Waals surface area contributed by atoms with Gasteiger partial charge in [-0.05, 0) is 213 Å². The zero-order chi connectivity index (χ0) is 67.2. The van der Waals surface area contributed by atoms with Gasteiger partial charge in [-0.3, -0.25) is 0 Å². The van der Waals surface area contributed by atoms with Gasteiger partial charge in [0, 0.05) is 70.8 Å². The topological polar surface area (TPSA) is 9.72 Å². The van der Waals surface area contributed by atoms with Crippen molar-refractivity contribution in [3.8, 4) is 11.1 Å². The maximum Gasteiger partial charge on any atom is 0.245 e. The molecule has 0 saturated carbocycles. The molecule has 0 aromatic heterocycles. The largest absolute Gasteiger partial charge is 0.311 e. The molecule has 0 saturated heterocycles. The predicted octanol–water partition coefficient (Wildman–Crippen LogP) is 22.5. The molecular weight excluding hydrogens is 1210 g/mol. The van der Waals surface area contributed by atoms with E-state index >= 15 is 0 Å². The van der Waals surface area contributed by atoms with Crippen LogP contribution in [0.4, 0.5) is 51.2 Å². The highest BCUT2D eigenvalue weighted by Crippen LogP contribution is 2.44. The van der Waals surface area contributed by atoms with Crippen LogP contribution in [0, 0.1) is 0 Å². The smallest absolute Gasteiger partial charge is 0.245 e. The summed E-state index contributed by atoms with van der Waals surface area (Å²) in [6.07, 6.45) is 0. The van der Waals surface area contributed by atoms with E-state index in [9.17, 15) is 0 Å². The van der Waals surface area contributed by atoms with Crippen LogP contribution < -0.4 is 47.5 Å². The maximum absolute atomic E-state index is 2.55. The van der Waals surface area contributed by atoms with E-state index in [2.05, 4.69) is 371 Å². The van der Waals surface area contributed by atoms with Crippen molar-refractivity contribution in [1.29, 1.82) is 0 Å². The van der Waals surface area contributed by atoms with Gasteiger partial charge in [-0.25, -0.2) is 0 Å². The van der Waals surface area contributed by atoms with Crippen LogP contribution in [0.1, 0.15) is 152 Å². The minimum Gasteiger partial charge on any atom is -0.311 e. The van der Waals surface area contributed by atoms with E-state index in [1.807, 2.05) is 23.5 Å². The molecule has 3 nitrogen and oxygen atoms in total. The Morgan fingerprint density at radius 1 is 0.227 bits per heavy atom. The molecule has 97 heavy (non-hydrogen) atoms. The molecular formula is C90H87B2N3S2. The van der Waals surface area contributed by atoms with Crippen LogP contribution in [0.5, 0.6) is 0 Å². The maximum atomic E-state index is 2.55. The first-order valence-corrected chi connectivity index (χ1v) is 36.7. The number of fused-ring (bicyclic) bond motifs is 4. The minimum atomic E-state index is -0.0545. The molecule has 0 N–H and O–H groups in total. The summed E-state index contributed by atoms with van der Waals surface area (Å²) in [6, 6.07) is 103. The van der Waals surface area contributed by atoms with Crippen LogP contribution in [0.15, 0.2) is 293 Å². The number of hydrogen-bond donors (Lipinski definition) is 0. The van der Waals surface area contributed by atoms with Gasteiger partial charge < -0.3 is 14.7 Å². The Morgan fingerprint density at radius 2 is 0.515 bits per heavy atom. The summed E-state index contributed by atoms with van der Waals surface area (Å²) in [5, 5.41) is 0. The average molecular weight is 1300 g/mol. The lowest BCUT2D eigenvalue weighted by Gasteiger charge is -2.34. The highest BCUT2D eigenvalue weighted by atomic mass is 32.2. The Morgan fingerprint density at radius 3 is 0.845 bits per heavy atom. The third kappa shape index (κ3) is 12.8. The molecule has 2 aliphatic rings. The Bertz CT molecular complexity index is 4660. The third-order valence-electron chi connectivity index (χ3n) is 19.9. The third-order valence-corrected chi connectivity index (χ3v) is 22.2. The van der Waals surface area contributed by atoms with Gasteiger partial charge in [0.05, 0.1) is 0 Å². The molecule has 2 heterocycles. The van der Waals surface area contributed by atoms with Crippen molar-refractivity contribution < 1.29 is 0 Å². The lowest BCUT2D eigenvalue weighted by atomic mass is 9.34. The van der Waals surface area contributed by atoms with Gasteiger partial charge in [-0.1, -0.05) is 279 Å². The zero-order valence-electron chi connectivity index (χ0n) is 58.3. The molecule has 0 bridgehead atoms. The first-order valence-electron chi connectivity index (χ1n) is 35.1. The van der Waals surface area contributed by atoms with Crippen molar-refractivity contribution >= 4 is 121 Å². The van der Waals surface area contributed by atoms with Crippen molar-refractivity contribution in [2.24, 2.45) is 0 Å². The summed E-state index contributed by atoms with van der Waals surface area (Å²) >= 11 is 3.83. The summed E-state index contributed by atoms with van der Waals surface area (Å²) in [6.45, 7) is 28.5. The Balaban J connectivity index is 0.921. The van der Waals surface area contributed by atoms with E-state index in [1.54, 1.807) is 0 Å². The molecule has 2 aliphatic heterocycles. The Labute approximate surface area is 587 Å². The quantitative estimate of drug-likeness (QED) is 0.0790. The number of rotatable bonds is 18. The molecule has 0 amide bonds. The van der Waals surface area contributed by atoms with E-state index in [-0.39, 0.29) is 13.4 Å². The van der Waals surface area contributed by atoms with Crippen molar-refractivity contribution in [2.75, 3.05) is 14.7 Å². The first-order chi connectivity index (χ1) is 47.1. The molecule has 0 spiro atoms. The number of anilines is 9. The van der Waals surface area contributed by atoms with Crippen molar-refractivity contribution in [3.05, 3.63) is 306 Å². The molecule has 480 valence electrons. The van der Waals surface area contributed by atoms with E-state index < -0.39 is 0 Å².